The molecule has 11 rings (SSSR count). The number of hydrogen-bond acceptors (Lipinski definition) is 4. The topological polar surface area (TPSA) is 33.5 Å². The van der Waals surface area contributed by atoms with Crippen molar-refractivity contribution in [2.45, 2.75) is 60.1 Å². The second-order valence-electron chi connectivity index (χ2n) is 18.8. The first-order valence-corrected chi connectivity index (χ1v) is 23.3. The second kappa shape index (κ2) is 18.9. The van der Waals surface area contributed by atoms with Crippen molar-refractivity contribution >= 4 is 44.6 Å². The van der Waals surface area contributed by atoms with Gasteiger partial charge in [0.1, 0.15) is 5.82 Å². The fourth-order valence-electron chi connectivity index (χ4n) is 9.45. The van der Waals surface area contributed by atoms with Gasteiger partial charge in [-0.05, 0) is 112 Å². The smallest absolute Gasteiger partial charge is 0.135 e. The fourth-order valence-corrected chi connectivity index (χ4v) is 9.45. The van der Waals surface area contributed by atoms with Gasteiger partial charge in [0.2, 0.25) is 0 Å². The van der Waals surface area contributed by atoms with E-state index in [9.17, 15) is 0 Å². The van der Waals surface area contributed by atoms with Crippen LogP contribution in [0.5, 0.6) is 11.5 Å². The molecule has 0 saturated heterocycles. The summed E-state index contributed by atoms with van der Waals surface area (Å²) in [6.07, 6.45) is 0.0671. The normalized spacial score (nSPS) is 14.7. The van der Waals surface area contributed by atoms with Gasteiger partial charge < -0.3 is 19.1 Å². The summed E-state index contributed by atoms with van der Waals surface area (Å²) in [5.74, 6) is 1.35. The molecule has 0 N–H and O–H groups in total. The maximum Gasteiger partial charge on any atom is 0.135 e. The Morgan fingerprint density at radius 2 is 1.34 bits per heavy atom. The minimum Gasteiger partial charge on any atom is -0.509 e. The van der Waals surface area contributed by atoms with Crippen LogP contribution in [0.25, 0.3) is 61.0 Å². The third-order valence-corrected chi connectivity index (χ3v) is 12.7. The summed E-state index contributed by atoms with van der Waals surface area (Å²) in [6.45, 7) is 6.82. The van der Waals surface area contributed by atoms with Crippen LogP contribution < -0.4 is 14.5 Å². The van der Waals surface area contributed by atoms with E-state index in [4.69, 9.17) is 20.7 Å². The van der Waals surface area contributed by atoms with Crippen LogP contribution in [0.1, 0.15) is 67.8 Å². The Hall–Kier alpha value is -7.20. The Bertz CT molecular complexity index is 3880. The number of para-hydroxylation sites is 4. The second-order valence-corrected chi connectivity index (χ2v) is 18.8. The molecule has 3 heterocycles. The molecular formula is C64H55N4OPt-3. The molecule has 350 valence electrons. The SMILES string of the molecule is [2H]C([2H])([2H])c1cc(C([2H])([2H])C(C)C)ccc1-c1ccc(-c2cccc(-c3ccccc3)c2N2[CH-]N(c3[c-]c(Oc4[c-]c5c(cc4)c4ccccc4n5-c4cc(C(C)(C)C)ccn4)ccc3)c3ccccc32)c(C([2H])([2H])[2H])c1.[Pt]. The summed E-state index contributed by atoms with van der Waals surface area (Å²) < 4.78 is 78.8. The van der Waals surface area contributed by atoms with E-state index in [1.807, 2.05) is 127 Å². The summed E-state index contributed by atoms with van der Waals surface area (Å²) in [5.41, 5.74) is 9.83. The van der Waals surface area contributed by atoms with Crippen LogP contribution >= 0.6 is 0 Å². The molecule has 5 nitrogen and oxygen atoms in total. The average molecular weight is 1100 g/mol. The molecule has 0 amide bonds. The van der Waals surface area contributed by atoms with Gasteiger partial charge in [0.05, 0.1) is 0 Å². The number of hydrogen-bond donors (Lipinski definition) is 0. The predicted octanol–water partition coefficient (Wildman–Crippen LogP) is 17.1. The monoisotopic (exact) mass is 1100 g/mol. The van der Waals surface area contributed by atoms with Crippen molar-refractivity contribution < 1.29 is 36.8 Å². The molecule has 1 aliphatic heterocycles. The van der Waals surface area contributed by atoms with Crippen molar-refractivity contribution in [3.63, 3.8) is 0 Å². The van der Waals surface area contributed by atoms with E-state index in [0.29, 0.717) is 39.4 Å². The number of benzene rings is 8. The number of nitrogens with zero attached hydrogens (tertiary/aromatic N) is 4. The van der Waals surface area contributed by atoms with Gasteiger partial charge in [-0.25, -0.2) is 4.98 Å². The van der Waals surface area contributed by atoms with Crippen molar-refractivity contribution in [2.75, 3.05) is 9.80 Å². The van der Waals surface area contributed by atoms with Gasteiger partial charge in [0, 0.05) is 83.4 Å². The first-order chi connectivity index (χ1) is 36.7. The van der Waals surface area contributed by atoms with Crippen LogP contribution in [0.3, 0.4) is 0 Å². The minimum atomic E-state index is -2.64. The van der Waals surface area contributed by atoms with E-state index in [1.54, 1.807) is 44.2 Å². The van der Waals surface area contributed by atoms with Crippen molar-refractivity contribution in [1.29, 1.82) is 0 Å². The molecule has 1 aliphatic rings. The molecule has 8 aromatic carbocycles. The molecule has 0 bridgehead atoms. The van der Waals surface area contributed by atoms with E-state index in [1.165, 1.54) is 11.6 Å². The van der Waals surface area contributed by atoms with Crippen LogP contribution in [0.4, 0.5) is 22.7 Å². The third kappa shape index (κ3) is 8.73. The number of ether oxygens (including phenoxy) is 1. The number of rotatable bonds is 10. The van der Waals surface area contributed by atoms with Crippen molar-refractivity contribution in [3.8, 4) is 50.7 Å². The zero-order chi connectivity index (χ0) is 54.2. The van der Waals surface area contributed by atoms with Gasteiger partial charge >= 0.3 is 0 Å². The van der Waals surface area contributed by atoms with Crippen LogP contribution in [0.15, 0.2) is 182 Å². The van der Waals surface area contributed by atoms with Gasteiger partial charge in [0.15, 0.2) is 0 Å². The maximum absolute atomic E-state index is 8.99. The van der Waals surface area contributed by atoms with Gasteiger partial charge in [-0.3, -0.25) is 0 Å². The molecule has 0 aliphatic carbocycles. The van der Waals surface area contributed by atoms with Crippen LogP contribution in [-0.2, 0) is 32.9 Å². The molecule has 0 saturated carbocycles. The number of aromatic nitrogens is 2. The van der Waals surface area contributed by atoms with E-state index < -0.39 is 26.0 Å². The zero-order valence-electron chi connectivity index (χ0n) is 47.5. The van der Waals surface area contributed by atoms with Crippen molar-refractivity contribution in [2.24, 2.45) is 5.92 Å². The molecule has 10 aromatic rings. The molecule has 2 aromatic heterocycles. The molecule has 0 fully saturated rings. The molecule has 0 unspecified atom stereocenters. The Morgan fingerprint density at radius 1 is 0.629 bits per heavy atom. The number of pyridine rings is 1. The Balaban J connectivity index is 0.00000688. The zero-order valence-corrected chi connectivity index (χ0v) is 41.8. The Kier molecular flexibility index (Phi) is 10.2. The van der Waals surface area contributed by atoms with E-state index >= 15 is 0 Å². The summed E-state index contributed by atoms with van der Waals surface area (Å²) in [6, 6.07) is 62.9. The number of fused-ring (bicyclic) bond motifs is 4. The van der Waals surface area contributed by atoms with Crippen LogP contribution in [0.2, 0.25) is 0 Å². The fraction of sp³-hybridized carbons (Fsp3) is 0.156. The third-order valence-electron chi connectivity index (χ3n) is 12.7. The van der Waals surface area contributed by atoms with E-state index in [0.717, 1.165) is 55.8 Å². The summed E-state index contributed by atoms with van der Waals surface area (Å²) in [5, 5.41) is 2.11. The molecule has 70 heavy (non-hydrogen) atoms. The van der Waals surface area contributed by atoms with Crippen LogP contribution in [0, 0.1) is 38.4 Å². The molecule has 6 heteroatoms. The summed E-state index contributed by atoms with van der Waals surface area (Å²) >= 11 is 0. The first-order valence-electron chi connectivity index (χ1n) is 27.3. The molecule has 0 spiro atoms. The maximum atomic E-state index is 8.99. The summed E-state index contributed by atoms with van der Waals surface area (Å²) in [7, 11) is 0. The number of aryl methyl sites for hydroxylation is 2. The minimum absolute atomic E-state index is 0. The quantitative estimate of drug-likeness (QED) is 0.128. The van der Waals surface area contributed by atoms with Crippen molar-refractivity contribution in [1.82, 2.24) is 9.55 Å². The molecule has 0 atom stereocenters. The first kappa shape index (κ1) is 37.7. The predicted molar refractivity (Wildman–Crippen MR) is 287 cm³/mol. The van der Waals surface area contributed by atoms with Gasteiger partial charge in [0.25, 0.3) is 0 Å². The standard InChI is InChI=1S/C64H55N4O.Pt/c1-42(2)35-45-27-30-52(43(3)36-45)47-28-31-53(44(4)37-47)57-23-16-22-54(46-17-9-8-10-18-46)63(57)67-41-66(59-25-13-14-26-60(59)67)49-19-15-20-50(39-49)69-51-29-32-56-55-21-11-12-24-58(55)68(61(56)40-51)62-38-48(33-34-65-62)64(5,6)7;/h8-34,36-38,41-42H,35H2,1-7H3;/q-3;/i3D3,4D3,35D2;. The van der Waals surface area contributed by atoms with Gasteiger partial charge in [-0.1, -0.05) is 155 Å². The average Bonchev–Trinajstić information content (AvgIpc) is 4.09. The molecule has 0 radical (unpaired) electrons. The van der Waals surface area contributed by atoms with E-state index in [-0.39, 0.29) is 43.2 Å². The Labute approximate surface area is 438 Å². The molecular weight excluding hydrogens is 1040 g/mol. The van der Waals surface area contributed by atoms with Crippen molar-refractivity contribution in [3.05, 3.63) is 223 Å². The summed E-state index contributed by atoms with van der Waals surface area (Å²) in [4.78, 5) is 8.97. The van der Waals surface area contributed by atoms with Crippen LogP contribution in [-0.4, -0.2) is 9.55 Å². The van der Waals surface area contributed by atoms with Gasteiger partial charge in [-0.2, -0.15) is 12.1 Å². The Morgan fingerprint density at radius 3 is 2.14 bits per heavy atom. The number of anilines is 4. The van der Waals surface area contributed by atoms with E-state index in [2.05, 4.69) is 72.7 Å². The van der Waals surface area contributed by atoms with Gasteiger partial charge in [-0.15, -0.1) is 48.1 Å². The largest absolute Gasteiger partial charge is 0.509 e.